The number of likely N-dealkylation sites (tertiary alicyclic amines) is 1. The first-order chi connectivity index (χ1) is 15.7. The number of piperidine rings is 1. The lowest BCUT2D eigenvalue weighted by atomic mass is 9.94. The van der Waals surface area contributed by atoms with Gasteiger partial charge >= 0.3 is 0 Å². The highest BCUT2D eigenvalue weighted by atomic mass is 16.2. The predicted molar refractivity (Wildman–Crippen MR) is 123 cm³/mol. The van der Waals surface area contributed by atoms with E-state index in [4.69, 9.17) is 0 Å². The molecule has 2 amide bonds. The number of nitrogens with one attached hydrogen (secondary N) is 1. The van der Waals surface area contributed by atoms with Crippen LogP contribution in [0, 0.1) is 5.92 Å². The van der Waals surface area contributed by atoms with Crippen molar-refractivity contribution in [3.05, 3.63) is 84.7 Å². The van der Waals surface area contributed by atoms with Crippen LogP contribution >= 0.6 is 0 Å². The molecule has 4 aromatic rings. The van der Waals surface area contributed by atoms with Crippen molar-refractivity contribution in [1.29, 1.82) is 0 Å². The first-order valence-corrected chi connectivity index (χ1v) is 10.7. The van der Waals surface area contributed by atoms with E-state index >= 15 is 0 Å². The van der Waals surface area contributed by atoms with Gasteiger partial charge in [0.25, 0.3) is 5.91 Å². The maximum absolute atomic E-state index is 13.2. The molecule has 0 bridgehead atoms. The van der Waals surface area contributed by atoms with Crippen LogP contribution < -0.4 is 5.32 Å². The monoisotopic (exact) mass is 425 g/mol. The van der Waals surface area contributed by atoms with E-state index in [1.165, 1.54) is 0 Å². The summed E-state index contributed by atoms with van der Waals surface area (Å²) in [4.78, 5) is 28.0. The minimum atomic E-state index is -0.143. The molecule has 0 saturated carbocycles. The number of fused-ring (bicyclic) bond motifs is 1. The van der Waals surface area contributed by atoms with Crippen molar-refractivity contribution in [3.8, 4) is 5.69 Å². The molecule has 3 aromatic carbocycles. The van der Waals surface area contributed by atoms with E-state index < -0.39 is 0 Å². The first-order valence-electron chi connectivity index (χ1n) is 10.7. The molecule has 0 spiro atoms. The summed E-state index contributed by atoms with van der Waals surface area (Å²) in [6, 6.07) is 21.2. The molecule has 1 N–H and O–H groups in total. The molecule has 7 heteroatoms. The summed E-state index contributed by atoms with van der Waals surface area (Å²) in [5.74, 6) is -0.151. The van der Waals surface area contributed by atoms with Crippen LogP contribution in [0.2, 0.25) is 0 Å². The molecule has 0 atom stereocenters. The van der Waals surface area contributed by atoms with Crippen LogP contribution in [0.25, 0.3) is 16.5 Å². The molecule has 7 nitrogen and oxygen atoms in total. The lowest BCUT2D eigenvalue weighted by molar-refractivity contribution is -0.121. The zero-order valence-corrected chi connectivity index (χ0v) is 17.5. The Morgan fingerprint density at radius 2 is 1.66 bits per heavy atom. The van der Waals surface area contributed by atoms with Gasteiger partial charge in [0.1, 0.15) is 0 Å². The third-order valence-electron chi connectivity index (χ3n) is 6.00. The molecular formula is C25H23N5O2. The maximum atomic E-state index is 13.2. The molecule has 0 radical (unpaired) electrons. The van der Waals surface area contributed by atoms with Crippen LogP contribution in [0.15, 0.2) is 79.1 Å². The third kappa shape index (κ3) is 3.85. The van der Waals surface area contributed by atoms with E-state index in [0.717, 1.165) is 16.5 Å². The summed E-state index contributed by atoms with van der Waals surface area (Å²) in [6.45, 7) is 1.12. The van der Waals surface area contributed by atoms with Crippen molar-refractivity contribution in [1.82, 2.24) is 19.9 Å². The fourth-order valence-corrected chi connectivity index (χ4v) is 4.28. The molecule has 0 aliphatic carbocycles. The number of rotatable bonds is 4. The van der Waals surface area contributed by atoms with E-state index in [1.54, 1.807) is 17.1 Å². The van der Waals surface area contributed by atoms with Crippen molar-refractivity contribution >= 4 is 28.3 Å². The molecule has 5 rings (SSSR count). The Hall–Kier alpha value is -4.00. The van der Waals surface area contributed by atoms with Gasteiger partial charge in [0.2, 0.25) is 5.91 Å². The quantitative estimate of drug-likeness (QED) is 0.538. The van der Waals surface area contributed by atoms with E-state index in [0.29, 0.717) is 37.2 Å². The number of para-hydroxylation sites is 2. The summed E-state index contributed by atoms with van der Waals surface area (Å²) >= 11 is 0. The molecule has 32 heavy (non-hydrogen) atoms. The van der Waals surface area contributed by atoms with E-state index in [9.17, 15) is 9.59 Å². The smallest absolute Gasteiger partial charge is 0.254 e. The minimum Gasteiger partial charge on any atom is -0.339 e. The maximum Gasteiger partial charge on any atom is 0.254 e. The molecule has 1 aliphatic heterocycles. The van der Waals surface area contributed by atoms with Gasteiger partial charge in [-0.05, 0) is 41.8 Å². The van der Waals surface area contributed by atoms with Gasteiger partial charge in [-0.15, -0.1) is 5.10 Å². The van der Waals surface area contributed by atoms with Gasteiger partial charge in [-0.2, -0.15) is 0 Å². The SMILES string of the molecule is O=C(Nc1ccccc1-n1ccnn1)C1CCN(C(=O)c2cccc3ccccc23)CC1. The Bertz CT molecular complexity index is 1260. The number of aromatic nitrogens is 3. The molecule has 1 aromatic heterocycles. The highest BCUT2D eigenvalue weighted by Gasteiger charge is 2.28. The van der Waals surface area contributed by atoms with Crippen LogP contribution in [-0.2, 0) is 4.79 Å². The summed E-state index contributed by atoms with van der Waals surface area (Å²) in [6.07, 6.45) is 4.60. The van der Waals surface area contributed by atoms with Crippen LogP contribution in [0.3, 0.4) is 0 Å². The largest absolute Gasteiger partial charge is 0.339 e. The van der Waals surface area contributed by atoms with Crippen LogP contribution in [-0.4, -0.2) is 44.8 Å². The number of amides is 2. The average molecular weight is 425 g/mol. The molecule has 1 aliphatic rings. The summed E-state index contributed by atoms with van der Waals surface area (Å²) in [7, 11) is 0. The molecule has 160 valence electrons. The Morgan fingerprint density at radius 1 is 0.906 bits per heavy atom. The Morgan fingerprint density at radius 3 is 2.47 bits per heavy atom. The van der Waals surface area contributed by atoms with Gasteiger partial charge < -0.3 is 10.2 Å². The van der Waals surface area contributed by atoms with Crippen molar-refractivity contribution in [2.24, 2.45) is 5.92 Å². The molecule has 2 heterocycles. The molecular weight excluding hydrogens is 402 g/mol. The number of carbonyl (C=O) groups excluding carboxylic acids is 2. The van der Waals surface area contributed by atoms with Crippen molar-refractivity contribution in [2.75, 3.05) is 18.4 Å². The van der Waals surface area contributed by atoms with Crippen LogP contribution in [0.5, 0.6) is 0 Å². The Balaban J connectivity index is 1.25. The minimum absolute atomic E-state index is 0.0252. The summed E-state index contributed by atoms with van der Waals surface area (Å²) in [5.41, 5.74) is 2.17. The van der Waals surface area contributed by atoms with Crippen LogP contribution in [0.1, 0.15) is 23.2 Å². The lowest BCUT2D eigenvalue weighted by Gasteiger charge is -2.31. The predicted octanol–water partition coefficient (Wildman–Crippen LogP) is 3.91. The topological polar surface area (TPSA) is 80.1 Å². The molecule has 1 saturated heterocycles. The number of nitrogens with zero attached hydrogens (tertiary/aromatic N) is 4. The Labute approximate surface area is 185 Å². The van der Waals surface area contributed by atoms with Gasteiger partial charge in [-0.3, -0.25) is 9.59 Å². The second kappa shape index (κ2) is 8.63. The fourth-order valence-electron chi connectivity index (χ4n) is 4.28. The van der Waals surface area contributed by atoms with E-state index in [-0.39, 0.29) is 17.7 Å². The fraction of sp³-hybridized carbons (Fsp3) is 0.200. The zero-order chi connectivity index (χ0) is 21.9. The lowest BCUT2D eigenvalue weighted by Crippen LogP contribution is -2.41. The number of hydrogen-bond donors (Lipinski definition) is 1. The van der Waals surface area contributed by atoms with E-state index in [1.807, 2.05) is 71.6 Å². The second-order valence-electron chi connectivity index (χ2n) is 7.95. The molecule has 0 unspecified atom stereocenters. The van der Waals surface area contributed by atoms with E-state index in [2.05, 4.69) is 15.6 Å². The van der Waals surface area contributed by atoms with Gasteiger partial charge in [-0.25, -0.2) is 4.68 Å². The number of carbonyl (C=O) groups is 2. The number of anilines is 1. The average Bonchev–Trinajstić information content (AvgIpc) is 3.38. The van der Waals surface area contributed by atoms with Crippen molar-refractivity contribution in [3.63, 3.8) is 0 Å². The summed E-state index contributed by atoms with van der Waals surface area (Å²) in [5, 5.41) is 12.9. The number of hydrogen-bond acceptors (Lipinski definition) is 4. The molecule has 1 fully saturated rings. The number of benzene rings is 3. The highest BCUT2D eigenvalue weighted by molar-refractivity contribution is 6.07. The van der Waals surface area contributed by atoms with Gasteiger partial charge in [0, 0.05) is 24.6 Å². The summed E-state index contributed by atoms with van der Waals surface area (Å²) < 4.78 is 1.63. The normalized spacial score (nSPS) is 14.4. The van der Waals surface area contributed by atoms with Gasteiger partial charge in [-0.1, -0.05) is 53.7 Å². The van der Waals surface area contributed by atoms with Crippen LogP contribution in [0.4, 0.5) is 5.69 Å². The second-order valence-corrected chi connectivity index (χ2v) is 7.95. The van der Waals surface area contributed by atoms with Gasteiger partial charge in [0.15, 0.2) is 0 Å². The van der Waals surface area contributed by atoms with Crippen molar-refractivity contribution < 1.29 is 9.59 Å². The van der Waals surface area contributed by atoms with Crippen molar-refractivity contribution in [2.45, 2.75) is 12.8 Å². The third-order valence-corrected chi connectivity index (χ3v) is 6.00. The standard InChI is InChI=1S/C25H23N5O2/c31-24(27-22-10-3-4-11-23(22)30-17-14-26-28-30)19-12-15-29(16-13-19)25(32)21-9-5-7-18-6-1-2-8-20(18)21/h1-11,14,17,19H,12-13,15-16H2,(H,27,31). The van der Waals surface area contributed by atoms with Gasteiger partial charge in [0.05, 0.1) is 23.8 Å². The first kappa shape index (κ1) is 19.9. The highest BCUT2D eigenvalue weighted by Crippen LogP contribution is 2.26. The zero-order valence-electron chi connectivity index (χ0n) is 17.5. The Kier molecular flexibility index (Phi) is 5.37.